The van der Waals surface area contributed by atoms with Crippen LogP contribution in [-0.2, 0) is 4.79 Å². The summed E-state index contributed by atoms with van der Waals surface area (Å²) in [7, 11) is 0. The Balaban J connectivity index is 1.97. The summed E-state index contributed by atoms with van der Waals surface area (Å²) in [6.45, 7) is 2.12. The summed E-state index contributed by atoms with van der Waals surface area (Å²) in [6, 6.07) is 14.7. The van der Waals surface area contributed by atoms with Gasteiger partial charge in [-0.25, -0.2) is 0 Å². The molecule has 104 valence electrons. The molecule has 0 spiro atoms. The predicted molar refractivity (Wildman–Crippen MR) is 88.1 cm³/mol. The Bertz CT molecular complexity index is 849. The highest BCUT2D eigenvalue weighted by molar-refractivity contribution is 7.10. The van der Waals surface area contributed by atoms with Crippen LogP contribution in [0.4, 0.5) is 5.69 Å². The number of rotatable bonds is 1. The molecular formula is C18H15NOS. The van der Waals surface area contributed by atoms with E-state index in [0.29, 0.717) is 6.42 Å². The number of thiophene rings is 1. The Kier molecular flexibility index (Phi) is 2.82. The lowest BCUT2D eigenvalue weighted by molar-refractivity contribution is -0.116. The van der Waals surface area contributed by atoms with Gasteiger partial charge in [0.05, 0.1) is 5.69 Å². The van der Waals surface area contributed by atoms with Crippen LogP contribution in [0.15, 0.2) is 47.8 Å². The highest BCUT2D eigenvalue weighted by atomic mass is 32.1. The fourth-order valence-corrected chi connectivity index (χ4v) is 4.23. The van der Waals surface area contributed by atoms with Crippen LogP contribution in [-0.4, -0.2) is 5.91 Å². The topological polar surface area (TPSA) is 29.1 Å². The zero-order valence-electron chi connectivity index (χ0n) is 11.7. The molecule has 1 aliphatic heterocycles. The quantitative estimate of drug-likeness (QED) is 0.693. The molecule has 0 unspecified atom stereocenters. The van der Waals surface area contributed by atoms with Crippen molar-refractivity contribution in [2.24, 2.45) is 0 Å². The predicted octanol–water partition coefficient (Wildman–Crippen LogP) is 4.68. The Morgan fingerprint density at radius 1 is 1.14 bits per heavy atom. The van der Waals surface area contributed by atoms with Gasteiger partial charge < -0.3 is 5.32 Å². The first-order valence-electron chi connectivity index (χ1n) is 7.09. The Hall–Kier alpha value is -2.13. The van der Waals surface area contributed by atoms with Crippen molar-refractivity contribution >= 4 is 33.7 Å². The first-order chi connectivity index (χ1) is 10.2. The minimum atomic E-state index is 0.108. The van der Waals surface area contributed by atoms with Crippen LogP contribution in [0.2, 0.25) is 0 Å². The fraction of sp³-hybridized carbons (Fsp3) is 0.167. The summed E-state index contributed by atoms with van der Waals surface area (Å²) >= 11 is 1.75. The molecule has 3 aromatic rings. The molecule has 2 aromatic carbocycles. The molecular weight excluding hydrogens is 278 g/mol. The zero-order chi connectivity index (χ0) is 14.4. The second kappa shape index (κ2) is 4.71. The molecule has 1 N–H and O–H groups in total. The number of carbonyl (C=O) groups excluding carboxylic acids is 1. The van der Waals surface area contributed by atoms with Gasteiger partial charge in [-0.3, -0.25) is 4.79 Å². The van der Waals surface area contributed by atoms with E-state index in [9.17, 15) is 4.79 Å². The van der Waals surface area contributed by atoms with E-state index in [1.165, 1.54) is 21.4 Å². The minimum Gasteiger partial charge on any atom is -0.325 e. The monoisotopic (exact) mass is 293 g/mol. The van der Waals surface area contributed by atoms with Crippen molar-refractivity contribution in [1.82, 2.24) is 0 Å². The van der Waals surface area contributed by atoms with Crippen LogP contribution < -0.4 is 5.32 Å². The third kappa shape index (κ3) is 1.96. The molecule has 3 heteroatoms. The number of carbonyl (C=O) groups is 1. The number of aryl methyl sites for hydroxylation is 1. The second-order valence-electron chi connectivity index (χ2n) is 5.52. The van der Waals surface area contributed by atoms with Gasteiger partial charge in [0.1, 0.15) is 0 Å². The highest BCUT2D eigenvalue weighted by Gasteiger charge is 2.29. The zero-order valence-corrected chi connectivity index (χ0v) is 12.5. The van der Waals surface area contributed by atoms with Crippen LogP contribution in [0.3, 0.4) is 0 Å². The van der Waals surface area contributed by atoms with E-state index in [-0.39, 0.29) is 11.8 Å². The maximum absolute atomic E-state index is 12.2. The van der Waals surface area contributed by atoms with Gasteiger partial charge in [0, 0.05) is 22.6 Å². The van der Waals surface area contributed by atoms with Crippen LogP contribution >= 0.6 is 11.3 Å². The van der Waals surface area contributed by atoms with E-state index in [4.69, 9.17) is 0 Å². The number of nitrogens with one attached hydrogen (secondary N) is 1. The molecule has 0 saturated heterocycles. The molecule has 1 aromatic heterocycles. The van der Waals surface area contributed by atoms with Gasteiger partial charge in [-0.1, -0.05) is 36.4 Å². The first-order valence-corrected chi connectivity index (χ1v) is 7.97. The fourth-order valence-electron chi connectivity index (χ4n) is 3.18. The van der Waals surface area contributed by atoms with E-state index in [1.54, 1.807) is 11.3 Å². The van der Waals surface area contributed by atoms with Crippen LogP contribution in [0.1, 0.15) is 28.3 Å². The molecule has 1 amide bonds. The second-order valence-corrected chi connectivity index (χ2v) is 6.47. The average Bonchev–Trinajstić information content (AvgIpc) is 2.92. The molecule has 1 atom stereocenters. The molecule has 4 rings (SSSR count). The summed E-state index contributed by atoms with van der Waals surface area (Å²) in [5.74, 6) is 0.287. The summed E-state index contributed by atoms with van der Waals surface area (Å²) in [5.41, 5.74) is 3.50. The minimum absolute atomic E-state index is 0.108. The first kappa shape index (κ1) is 12.6. The van der Waals surface area contributed by atoms with Gasteiger partial charge >= 0.3 is 0 Å². The number of amides is 1. The van der Waals surface area contributed by atoms with E-state index in [0.717, 1.165) is 11.1 Å². The number of fused-ring (bicyclic) bond motifs is 3. The molecule has 1 aliphatic rings. The normalized spacial score (nSPS) is 17.6. The molecule has 2 heterocycles. The van der Waals surface area contributed by atoms with Gasteiger partial charge in [0.2, 0.25) is 5.91 Å². The van der Waals surface area contributed by atoms with Crippen LogP contribution in [0.25, 0.3) is 10.8 Å². The van der Waals surface area contributed by atoms with Crippen molar-refractivity contribution in [3.05, 3.63) is 63.8 Å². The number of anilines is 1. The van der Waals surface area contributed by atoms with Gasteiger partial charge in [0.15, 0.2) is 0 Å². The summed E-state index contributed by atoms with van der Waals surface area (Å²) in [5, 5.41) is 7.48. The summed E-state index contributed by atoms with van der Waals surface area (Å²) in [6.07, 6.45) is 0.534. The lowest BCUT2D eigenvalue weighted by Crippen LogP contribution is -2.23. The standard InChI is InChI=1S/C18H15NOS/c1-11-8-9-21-18(11)15-10-16(20)19-17-13-5-3-2-4-12(13)6-7-14(15)17/h2-9,15H,10H2,1H3,(H,19,20)/t15-/m1/s1. The van der Waals surface area contributed by atoms with Crippen molar-refractivity contribution in [2.75, 3.05) is 5.32 Å². The Morgan fingerprint density at radius 2 is 2.00 bits per heavy atom. The molecule has 0 fully saturated rings. The van der Waals surface area contributed by atoms with Crippen molar-refractivity contribution in [3.8, 4) is 0 Å². The number of hydrogen-bond donors (Lipinski definition) is 1. The smallest absolute Gasteiger partial charge is 0.225 e. The van der Waals surface area contributed by atoms with Crippen molar-refractivity contribution in [2.45, 2.75) is 19.3 Å². The van der Waals surface area contributed by atoms with E-state index < -0.39 is 0 Å². The van der Waals surface area contributed by atoms with Crippen LogP contribution in [0.5, 0.6) is 0 Å². The summed E-state index contributed by atoms with van der Waals surface area (Å²) < 4.78 is 0. The van der Waals surface area contributed by atoms with E-state index in [1.807, 2.05) is 12.1 Å². The lowest BCUT2D eigenvalue weighted by Gasteiger charge is -2.27. The van der Waals surface area contributed by atoms with Gasteiger partial charge in [-0.15, -0.1) is 11.3 Å². The third-order valence-electron chi connectivity index (χ3n) is 4.21. The van der Waals surface area contributed by atoms with Gasteiger partial charge in [0.25, 0.3) is 0 Å². The maximum Gasteiger partial charge on any atom is 0.225 e. The molecule has 0 saturated carbocycles. The third-order valence-corrected chi connectivity index (χ3v) is 5.34. The number of hydrogen-bond acceptors (Lipinski definition) is 2. The van der Waals surface area contributed by atoms with E-state index in [2.05, 4.69) is 48.0 Å². The molecule has 0 radical (unpaired) electrons. The van der Waals surface area contributed by atoms with Crippen LogP contribution in [0, 0.1) is 6.92 Å². The van der Waals surface area contributed by atoms with Gasteiger partial charge in [-0.2, -0.15) is 0 Å². The number of benzene rings is 2. The van der Waals surface area contributed by atoms with E-state index >= 15 is 0 Å². The molecule has 21 heavy (non-hydrogen) atoms. The molecule has 0 aliphatic carbocycles. The van der Waals surface area contributed by atoms with Crippen molar-refractivity contribution in [1.29, 1.82) is 0 Å². The van der Waals surface area contributed by atoms with Gasteiger partial charge in [-0.05, 0) is 34.9 Å². The van der Waals surface area contributed by atoms with Crippen molar-refractivity contribution < 1.29 is 4.79 Å². The highest BCUT2D eigenvalue weighted by Crippen LogP contribution is 2.43. The average molecular weight is 293 g/mol. The maximum atomic E-state index is 12.2. The lowest BCUT2D eigenvalue weighted by atomic mass is 9.86. The summed E-state index contributed by atoms with van der Waals surface area (Å²) in [4.78, 5) is 13.5. The largest absolute Gasteiger partial charge is 0.325 e. The molecule has 0 bridgehead atoms. The van der Waals surface area contributed by atoms with Crippen molar-refractivity contribution in [3.63, 3.8) is 0 Å². The Labute approximate surface area is 127 Å². The SMILES string of the molecule is Cc1ccsc1[C@@H]1CC(=O)Nc2c1ccc1ccccc21. The Morgan fingerprint density at radius 3 is 2.81 bits per heavy atom. The molecule has 2 nitrogen and oxygen atoms in total.